The number of nitrogens with one attached hydrogen (secondary N) is 9. The van der Waals surface area contributed by atoms with Crippen molar-refractivity contribution < 1.29 is 58.2 Å². The molecule has 0 spiro atoms. The van der Waals surface area contributed by atoms with Crippen LogP contribution < -0.4 is 54.0 Å². The molecule has 9 amide bonds. The van der Waals surface area contributed by atoms with Gasteiger partial charge in [-0.25, -0.2) is 4.79 Å². The fourth-order valence-electron chi connectivity index (χ4n) is 8.58. The number of thioether (sulfide) groups is 1. The summed E-state index contributed by atoms with van der Waals surface area (Å²) in [4.78, 5) is 139. The first-order chi connectivity index (χ1) is 37.8. The van der Waals surface area contributed by atoms with E-state index in [1.807, 2.05) is 44.4 Å². The molecular formula is C55H83N11O12S2. The van der Waals surface area contributed by atoms with Crippen molar-refractivity contribution in [3.63, 3.8) is 0 Å². The maximum atomic E-state index is 14.6. The van der Waals surface area contributed by atoms with Crippen LogP contribution in [0, 0.1) is 17.8 Å². The Balaban J connectivity index is 1.90. The van der Waals surface area contributed by atoms with Crippen LogP contribution in [0.3, 0.4) is 0 Å². The van der Waals surface area contributed by atoms with E-state index in [1.165, 1.54) is 18.7 Å². The molecule has 15 N–H and O–H groups in total. The monoisotopic (exact) mass is 1150 g/mol. The van der Waals surface area contributed by atoms with Crippen molar-refractivity contribution in [2.24, 2.45) is 29.2 Å². The highest BCUT2D eigenvalue weighted by Gasteiger charge is 2.38. The number of benzene rings is 2. The lowest BCUT2D eigenvalue weighted by molar-refractivity contribution is -0.142. The zero-order chi connectivity index (χ0) is 59.8. The quantitative estimate of drug-likeness (QED) is 0.0361. The number of aromatic amines is 1. The number of amides is 9. The molecule has 0 unspecified atom stereocenters. The zero-order valence-corrected chi connectivity index (χ0v) is 48.5. The minimum Gasteiger partial charge on any atom is -0.480 e. The number of H-pyrrole nitrogens is 1. The summed E-state index contributed by atoms with van der Waals surface area (Å²) in [5.41, 5.74) is 13.6. The zero-order valence-electron chi connectivity index (χ0n) is 46.8. The summed E-state index contributed by atoms with van der Waals surface area (Å²) in [7, 11) is 0. The number of carbonyl (C=O) groups is 10. The fraction of sp³-hybridized carbons (Fsp3) is 0.564. The Morgan fingerprint density at radius 1 is 0.600 bits per heavy atom. The van der Waals surface area contributed by atoms with Gasteiger partial charge in [-0.15, -0.1) is 0 Å². The van der Waals surface area contributed by atoms with Crippen LogP contribution >= 0.6 is 24.4 Å². The summed E-state index contributed by atoms with van der Waals surface area (Å²) in [6, 6.07) is 3.75. The van der Waals surface area contributed by atoms with Gasteiger partial charge in [0.25, 0.3) is 0 Å². The lowest BCUT2D eigenvalue weighted by atomic mass is 9.96. The Hall–Kier alpha value is -6.70. The summed E-state index contributed by atoms with van der Waals surface area (Å²) in [6.07, 6.45) is 1.90. The predicted molar refractivity (Wildman–Crippen MR) is 309 cm³/mol. The first kappa shape index (κ1) is 67.6. The SMILES string of the molecule is CC[C@H](C)[C@H](NC(=O)[C@H](Cc1c[nH]c2ccccc12)NC(=O)[C@H](CCSC)NC(=O)[C@@H](N)CC(C)C)C(=O)N[C@H](C(=O)N[C@@H](CCC(N)=O)C(=O)N[C@@H](CS)C(=O)N[C@@H](Cc1ccccc1)C(=O)N[C@@H](CC(C)C)C(=O)O)[C@@H](C)O. The van der Waals surface area contributed by atoms with E-state index in [0.717, 1.165) is 10.9 Å². The topological polar surface area (TPSA) is 375 Å². The maximum absolute atomic E-state index is 14.6. The average Bonchev–Trinajstić information content (AvgIpc) is 3.82. The standard InChI is InChI=1S/C55H83N11O12S2/c1-9-31(6)45(65-51(73)41(26-34-27-58-37-18-14-13-17-35(34)37)62-49(71)39(21-22-80-8)59-47(69)36(56)23-29(2)3)53(75)66-46(32(7)67)54(76)60-38(19-20-44(57)68)48(70)64-43(28-79)52(74)61-40(25-33-15-11-10-12-16-33)50(72)63-42(55(77)78)24-30(4)5/h10-18,27,29-32,36,38-43,45-46,58,67,79H,9,19-26,28,56H2,1-8H3,(H2,57,68)(H,59,69)(H,60,76)(H,61,74)(H,62,71)(H,63,72)(H,64,70)(H,65,73)(H,66,75)(H,77,78)/t31-,32+,36-,38-,39-,40-,41-,42-,43-,45-,46-/m0/s1. The molecule has 0 aliphatic heterocycles. The number of para-hydroxylation sites is 1. The molecule has 1 heterocycles. The Bertz CT molecular complexity index is 2570. The van der Waals surface area contributed by atoms with Crippen molar-refractivity contribution in [2.45, 2.75) is 160 Å². The summed E-state index contributed by atoms with van der Waals surface area (Å²) >= 11 is 5.71. The van der Waals surface area contributed by atoms with Crippen LogP contribution in [0.4, 0.5) is 0 Å². The number of carboxylic acids is 1. The van der Waals surface area contributed by atoms with E-state index in [2.05, 4.69) is 60.1 Å². The Kier molecular flexibility index (Phi) is 28.5. The second kappa shape index (κ2) is 33.8. The van der Waals surface area contributed by atoms with Gasteiger partial charge in [0.2, 0.25) is 53.2 Å². The van der Waals surface area contributed by atoms with Crippen LogP contribution in [0.5, 0.6) is 0 Å². The summed E-state index contributed by atoms with van der Waals surface area (Å²) in [5, 5.41) is 42.4. The smallest absolute Gasteiger partial charge is 0.326 e. The number of thiol groups is 1. The van der Waals surface area contributed by atoms with Crippen LogP contribution in [0.1, 0.15) is 98.1 Å². The molecule has 0 saturated carbocycles. The number of carbonyl (C=O) groups excluding carboxylic acids is 9. The third-order valence-electron chi connectivity index (χ3n) is 13.3. The van der Waals surface area contributed by atoms with Crippen molar-refractivity contribution >= 4 is 94.4 Å². The second-order valence-corrected chi connectivity index (χ2v) is 22.2. The molecule has 3 rings (SSSR count). The molecule has 3 aromatic rings. The van der Waals surface area contributed by atoms with Gasteiger partial charge in [0.1, 0.15) is 48.3 Å². The molecule has 0 aliphatic carbocycles. The van der Waals surface area contributed by atoms with E-state index in [0.29, 0.717) is 29.7 Å². The van der Waals surface area contributed by atoms with Crippen LogP contribution in [0.2, 0.25) is 0 Å². The van der Waals surface area contributed by atoms with E-state index in [4.69, 9.17) is 11.5 Å². The first-order valence-corrected chi connectivity index (χ1v) is 28.9. The number of fused-ring (bicyclic) bond motifs is 1. The van der Waals surface area contributed by atoms with Crippen molar-refractivity contribution in [3.8, 4) is 0 Å². The highest BCUT2D eigenvalue weighted by Crippen LogP contribution is 2.20. The first-order valence-electron chi connectivity index (χ1n) is 26.9. The number of aliphatic hydroxyl groups is 1. The summed E-state index contributed by atoms with van der Waals surface area (Å²) in [5.74, 6) is -9.37. The number of hydrogen-bond donors (Lipinski definition) is 14. The molecular weight excluding hydrogens is 1070 g/mol. The molecule has 80 heavy (non-hydrogen) atoms. The highest BCUT2D eigenvalue weighted by atomic mass is 32.2. The second-order valence-electron chi connectivity index (χ2n) is 20.9. The normalized spacial score (nSPS) is 15.5. The van der Waals surface area contributed by atoms with Gasteiger partial charge in [0.15, 0.2) is 0 Å². The van der Waals surface area contributed by atoms with Crippen molar-refractivity contribution in [1.82, 2.24) is 47.5 Å². The Morgan fingerprint density at radius 3 is 1.65 bits per heavy atom. The van der Waals surface area contributed by atoms with Gasteiger partial charge in [-0.2, -0.15) is 24.4 Å². The van der Waals surface area contributed by atoms with Crippen molar-refractivity contribution in [1.29, 1.82) is 0 Å². The Morgan fingerprint density at radius 2 is 1.09 bits per heavy atom. The molecule has 2 aromatic carbocycles. The maximum Gasteiger partial charge on any atom is 0.326 e. The number of aliphatic hydroxyl groups excluding tert-OH is 1. The molecule has 23 nitrogen and oxygen atoms in total. The lowest BCUT2D eigenvalue weighted by Crippen LogP contribution is -2.63. The van der Waals surface area contributed by atoms with Gasteiger partial charge < -0.3 is 69.2 Å². The van der Waals surface area contributed by atoms with Crippen LogP contribution in [0.15, 0.2) is 60.8 Å². The van der Waals surface area contributed by atoms with Gasteiger partial charge >= 0.3 is 5.97 Å². The van der Waals surface area contributed by atoms with E-state index >= 15 is 0 Å². The molecule has 442 valence electrons. The Labute approximate surface area is 477 Å². The van der Waals surface area contributed by atoms with Gasteiger partial charge in [0.05, 0.1) is 12.1 Å². The molecule has 25 heteroatoms. The largest absolute Gasteiger partial charge is 0.480 e. The summed E-state index contributed by atoms with van der Waals surface area (Å²) in [6.45, 7) is 12.0. The van der Waals surface area contributed by atoms with E-state index < -0.39 is 138 Å². The average molecular weight is 1150 g/mol. The molecule has 0 saturated heterocycles. The van der Waals surface area contributed by atoms with Crippen molar-refractivity contribution in [3.05, 3.63) is 71.9 Å². The van der Waals surface area contributed by atoms with E-state index in [1.54, 1.807) is 64.2 Å². The minimum atomic E-state index is -1.79. The van der Waals surface area contributed by atoms with Gasteiger partial charge in [0, 0.05) is 42.1 Å². The van der Waals surface area contributed by atoms with Crippen molar-refractivity contribution in [2.75, 3.05) is 17.8 Å². The number of carboxylic acid groups (broad SMARTS) is 1. The van der Waals surface area contributed by atoms with Crippen LogP contribution in [-0.4, -0.2) is 153 Å². The van der Waals surface area contributed by atoms with E-state index in [9.17, 15) is 58.2 Å². The van der Waals surface area contributed by atoms with Gasteiger partial charge in [-0.05, 0) is 79.6 Å². The van der Waals surface area contributed by atoms with Crippen LogP contribution in [0.25, 0.3) is 10.9 Å². The summed E-state index contributed by atoms with van der Waals surface area (Å²) < 4.78 is 0. The minimum absolute atomic E-state index is 0.0645. The number of hydrogen-bond acceptors (Lipinski definition) is 14. The number of primary amides is 1. The third-order valence-corrected chi connectivity index (χ3v) is 14.3. The number of rotatable bonds is 35. The molecule has 0 fully saturated rings. The van der Waals surface area contributed by atoms with Gasteiger partial charge in [-0.1, -0.05) is 96.5 Å². The molecule has 0 bridgehead atoms. The fourth-order valence-corrected chi connectivity index (χ4v) is 9.31. The van der Waals surface area contributed by atoms with Crippen LogP contribution in [-0.2, 0) is 60.8 Å². The van der Waals surface area contributed by atoms with E-state index in [-0.39, 0.29) is 43.3 Å². The number of nitrogens with two attached hydrogens (primary N) is 2. The number of aromatic nitrogens is 1. The third kappa shape index (κ3) is 22.1. The molecule has 1 aromatic heterocycles. The van der Waals surface area contributed by atoms with Gasteiger partial charge in [-0.3, -0.25) is 43.2 Å². The highest BCUT2D eigenvalue weighted by molar-refractivity contribution is 7.98. The number of aliphatic carboxylic acids is 1. The molecule has 0 aliphatic rings. The molecule has 11 atom stereocenters. The lowest BCUT2D eigenvalue weighted by Gasteiger charge is -2.30. The predicted octanol–water partition coefficient (Wildman–Crippen LogP) is 0.711. The molecule has 0 radical (unpaired) electrons.